The van der Waals surface area contributed by atoms with Gasteiger partial charge in [0.2, 0.25) is 0 Å². The third-order valence-electron chi connectivity index (χ3n) is 2.98. The zero-order valence-corrected chi connectivity index (χ0v) is 12.4. The fourth-order valence-corrected chi connectivity index (χ4v) is 2.51. The quantitative estimate of drug-likeness (QED) is 0.849. The highest BCUT2D eigenvalue weighted by Gasteiger charge is 2.12. The van der Waals surface area contributed by atoms with E-state index < -0.39 is 0 Å². The van der Waals surface area contributed by atoms with Gasteiger partial charge in [-0.1, -0.05) is 12.1 Å². The molecule has 0 unspecified atom stereocenters. The van der Waals surface area contributed by atoms with Gasteiger partial charge in [-0.15, -0.1) is 11.3 Å². The second-order valence-corrected chi connectivity index (χ2v) is 5.12. The van der Waals surface area contributed by atoms with Crippen molar-refractivity contribution in [3.8, 4) is 11.3 Å². The number of nitrogen functional groups attached to an aromatic ring is 1. The highest BCUT2D eigenvalue weighted by atomic mass is 32.1. The molecule has 1 heterocycles. The molecule has 3 N–H and O–H groups in total. The molecular weight excluding hydrogens is 272 g/mol. The molecule has 0 spiro atoms. The van der Waals surface area contributed by atoms with Gasteiger partial charge in [-0.2, -0.15) is 0 Å². The van der Waals surface area contributed by atoms with Crippen LogP contribution < -0.4 is 11.1 Å². The molecule has 2 aromatic rings. The van der Waals surface area contributed by atoms with Crippen molar-refractivity contribution in [1.29, 1.82) is 0 Å². The minimum Gasteiger partial charge on any atom is -0.399 e. The maximum absolute atomic E-state index is 11.9. The Bertz CT molecular complexity index is 575. The minimum atomic E-state index is -0.117. The van der Waals surface area contributed by atoms with E-state index in [4.69, 9.17) is 5.73 Å². The summed E-state index contributed by atoms with van der Waals surface area (Å²) in [5, 5.41) is 5.34. The van der Waals surface area contributed by atoms with Crippen LogP contribution in [0, 0.1) is 0 Å². The third-order valence-corrected chi connectivity index (χ3v) is 3.73. The molecule has 0 aliphatic carbocycles. The molecule has 1 aromatic carbocycles. The van der Waals surface area contributed by atoms with Crippen molar-refractivity contribution >= 4 is 28.2 Å². The Balaban J connectivity index is 2.09. The van der Waals surface area contributed by atoms with Crippen molar-refractivity contribution in [1.82, 2.24) is 9.88 Å². The molecule has 20 heavy (non-hydrogen) atoms. The second-order valence-electron chi connectivity index (χ2n) is 4.26. The molecule has 6 heteroatoms. The van der Waals surface area contributed by atoms with Crippen LogP contribution in [-0.4, -0.2) is 29.0 Å². The van der Waals surface area contributed by atoms with Crippen LogP contribution in [-0.2, 0) is 0 Å². The van der Waals surface area contributed by atoms with Gasteiger partial charge in [0.1, 0.15) is 0 Å². The summed E-state index contributed by atoms with van der Waals surface area (Å²) in [6.45, 7) is 5.26. The number of benzene rings is 1. The van der Waals surface area contributed by atoms with Crippen molar-refractivity contribution in [2.24, 2.45) is 0 Å². The maximum atomic E-state index is 11.9. The van der Waals surface area contributed by atoms with Crippen molar-refractivity contribution in [2.75, 3.05) is 24.1 Å². The summed E-state index contributed by atoms with van der Waals surface area (Å²) in [5.74, 6) is 0. The van der Waals surface area contributed by atoms with Crippen LogP contribution in [0.5, 0.6) is 0 Å². The monoisotopic (exact) mass is 290 g/mol. The Hall–Kier alpha value is -2.08. The number of amides is 2. The van der Waals surface area contributed by atoms with Crippen LogP contribution in [0.1, 0.15) is 13.8 Å². The Labute approximate surface area is 122 Å². The van der Waals surface area contributed by atoms with Crippen molar-refractivity contribution in [3.05, 3.63) is 29.6 Å². The lowest BCUT2D eigenvalue weighted by molar-refractivity contribution is 0.217. The van der Waals surface area contributed by atoms with Crippen molar-refractivity contribution in [2.45, 2.75) is 13.8 Å². The van der Waals surface area contributed by atoms with Gasteiger partial charge < -0.3 is 10.6 Å². The van der Waals surface area contributed by atoms with E-state index in [-0.39, 0.29) is 6.03 Å². The highest BCUT2D eigenvalue weighted by Crippen LogP contribution is 2.25. The number of nitrogens with two attached hydrogens (primary N) is 1. The number of hydrogen-bond donors (Lipinski definition) is 2. The number of rotatable bonds is 4. The van der Waals surface area contributed by atoms with E-state index in [9.17, 15) is 4.79 Å². The standard InChI is InChI=1S/C14H18N4OS/c1-3-18(4-2)14(19)17-13-16-12(9-20-13)10-5-7-11(15)8-6-10/h5-9H,3-4,15H2,1-2H3,(H,16,17,19). The number of urea groups is 1. The van der Waals surface area contributed by atoms with Crippen LogP contribution in [0.25, 0.3) is 11.3 Å². The summed E-state index contributed by atoms with van der Waals surface area (Å²) >= 11 is 1.41. The minimum absolute atomic E-state index is 0.117. The number of nitrogens with one attached hydrogen (secondary N) is 1. The Morgan fingerprint density at radius 1 is 1.30 bits per heavy atom. The molecule has 0 radical (unpaired) electrons. The van der Waals surface area contributed by atoms with E-state index >= 15 is 0 Å². The second kappa shape index (κ2) is 6.38. The molecule has 106 valence electrons. The molecule has 1 aromatic heterocycles. The normalized spacial score (nSPS) is 10.3. The number of hydrogen-bond acceptors (Lipinski definition) is 4. The molecule has 0 bridgehead atoms. The van der Waals surface area contributed by atoms with Crippen LogP contribution in [0.2, 0.25) is 0 Å². The molecule has 0 aliphatic heterocycles. The molecule has 0 saturated heterocycles. The van der Waals surface area contributed by atoms with E-state index in [0.29, 0.717) is 18.2 Å². The summed E-state index contributed by atoms with van der Waals surface area (Å²) < 4.78 is 0. The van der Waals surface area contributed by atoms with E-state index in [1.54, 1.807) is 4.90 Å². The van der Waals surface area contributed by atoms with Crippen LogP contribution >= 0.6 is 11.3 Å². The molecule has 0 atom stereocenters. The molecule has 0 aliphatic rings. The van der Waals surface area contributed by atoms with E-state index in [1.165, 1.54) is 11.3 Å². The van der Waals surface area contributed by atoms with Gasteiger partial charge in [0, 0.05) is 29.7 Å². The van der Waals surface area contributed by atoms with Gasteiger partial charge in [-0.25, -0.2) is 9.78 Å². The fourth-order valence-electron chi connectivity index (χ4n) is 1.80. The van der Waals surface area contributed by atoms with Crippen LogP contribution in [0.4, 0.5) is 15.6 Å². The number of anilines is 2. The molecular formula is C14H18N4OS. The van der Waals surface area contributed by atoms with E-state index in [1.807, 2.05) is 43.5 Å². The Kier molecular flexibility index (Phi) is 4.57. The van der Waals surface area contributed by atoms with Gasteiger partial charge >= 0.3 is 6.03 Å². The topological polar surface area (TPSA) is 71.2 Å². The number of nitrogens with zero attached hydrogens (tertiary/aromatic N) is 2. The summed E-state index contributed by atoms with van der Waals surface area (Å²) in [6.07, 6.45) is 0. The zero-order chi connectivity index (χ0) is 14.5. The number of carbonyl (C=O) groups is 1. The smallest absolute Gasteiger partial charge is 0.323 e. The van der Waals surface area contributed by atoms with Gasteiger partial charge in [0.15, 0.2) is 5.13 Å². The predicted octanol–water partition coefficient (Wildman–Crippen LogP) is 3.27. The summed E-state index contributed by atoms with van der Waals surface area (Å²) in [6, 6.07) is 7.39. The number of aromatic nitrogens is 1. The SMILES string of the molecule is CCN(CC)C(=O)Nc1nc(-c2ccc(N)cc2)cs1. The lowest BCUT2D eigenvalue weighted by Gasteiger charge is -2.17. The molecule has 0 saturated carbocycles. The van der Waals surface area contributed by atoms with Gasteiger partial charge in [0.25, 0.3) is 0 Å². The lowest BCUT2D eigenvalue weighted by atomic mass is 10.1. The Morgan fingerprint density at radius 3 is 2.55 bits per heavy atom. The molecule has 2 amide bonds. The zero-order valence-electron chi connectivity index (χ0n) is 11.6. The van der Waals surface area contributed by atoms with Crippen LogP contribution in [0.3, 0.4) is 0 Å². The van der Waals surface area contributed by atoms with Crippen molar-refractivity contribution in [3.63, 3.8) is 0 Å². The third kappa shape index (κ3) is 3.27. The summed E-state index contributed by atoms with van der Waals surface area (Å²) in [7, 11) is 0. The number of carbonyl (C=O) groups excluding carboxylic acids is 1. The Morgan fingerprint density at radius 2 is 1.95 bits per heavy atom. The maximum Gasteiger partial charge on any atom is 0.323 e. The van der Waals surface area contributed by atoms with Gasteiger partial charge in [-0.05, 0) is 26.0 Å². The highest BCUT2D eigenvalue weighted by molar-refractivity contribution is 7.14. The van der Waals surface area contributed by atoms with E-state index in [2.05, 4.69) is 10.3 Å². The predicted molar refractivity (Wildman–Crippen MR) is 83.9 cm³/mol. The first-order valence-electron chi connectivity index (χ1n) is 6.51. The average molecular weight is 290 g/mol. The summed E-state index contributed by atoms with van der Waals surface area (Å²) in [5.41, 5.74) is 8.20. The fraction of sp³-hybridized carbons (Fsp3) is 0.286. The number of thiazole rings is 1. The largest absolute Gasteiger partial charge is 0.399 e. The van der Waals surface area contributed by atoms with Gasteiger partial charge in [0.05, 0.1) is 5.69 Å². The first-order valence-corrected chi connectivity index (χ1v) is 7.39. The molecule has 2 rings (SSSR count). The van der Waals surface area contributed by atoms with Crippen LogP contribution in [0.15, 0.2) is 29.6 Å². The van der Waals surface area contributed by atoms with Gasteiger partial charge in [-0.3, -0.25) is 5.32 Å². The lowest BCUT2D eigenvalue weighted by Crippen LogP contribution is -2.34. The first-order chi connectivity index (χ1) is 9.63. The molecule has 0 fully saturated rings. The summed E-state index contributed by atoms with van der Waals surface area (Å²) in [4.78, 5) is 18.1. The van der Waals surface area contributed by atoms with Crippen molar-refractivity contribution < 1.29 is 4.79 Å². The first kappa shape index (κ1) is 14.3. The average Bonchev–Trinajstić information content (AvgIpc) is 2.89. The molecule has 5 nitrogen and oxygen atoms in total. The van der Waals surface area contributed by atoms with E-state index in [0.717, 1.165) is 16.9 Å².